The molecule has 1 N–H and O–H groups in total. The highest BCUT2D eigenvalue weighted by Gasteiger charge is 2.32. The maximum absolute atomic E-state index is 10.4. The predicted molar refractivity (Wildman–Crippen MR) is 79.5 cm³/mol. The van der Waals surface area contributed by atoms with Gasteiger partial charge < -0.3 is 5.11 Å². The van der Waals surface area contributed by atoms with Crippen LogP contribution in [0.25, 0.3) is 0 Å². The van der Waals surface area contributed by atoms with E-state index in [9.17, 15) is 5.11 Å². The first-order valence-corrected chi connectivity index (χ1v) is 7.62. The number of rotatable bonds is 4. The Balaban J connectivity index is 1.64. The van der Waals surface area contributed by atoms with E-state index in [1.165, 1.54) is 10.4 Å². The van der Waals surface area contributed by atoms with Gasteiger partial charge in [-0.2, -0.15) is 0 Å². The molecule has 0 saturated carbocycles. The third-order valence-electron chi connectivity index (χ3n) is 4.02. The fourth-order valence-corrected chi connectivity index (χ4v) is 3.56. The summed E-state index contributed by atoms with van der Waals surface area (Å²) in [5, 5.41) is 12.6. The number of benzene rings is 1. The summed E-state index contributed by atoms with van der Waals surface area (Å²) in [6.45, 7) is 0.996. The predicted octanol–water partition coefficient (Wildman–Crippen LogP) is 2.88. The average molecular weight is 273 g/mol. The van der Waals surface area contributed by atoms with E-state index in [1.54, 1.807) is 11.3 Å². The van der Waals surface area contributed by atoms with Crippen LogP contribution >= 0.6 is 11.3 Å². The van der Waals surface area contributed by atoms with Gasteiger partial charge in [-0.15, -0.1) is 11.3 Å². The minimum absolute atomic E-state index is 0.220. The summed E-state index contributed by atoms with van der Waals surface area (Å²) in [5.74, 6) is 0. The smallest absolute Gasteiger partial charge is 0.0950 e. The molecule has 1 aromatic carbocycles. The summed E-state index contributed by atoms with van der Waals surface area (Å²) < 4.78 is 0. The zero-order chi connectivity index (χ0) is 13.2. The molecule has 0 spiro atoms. The highest BCUT2D eigenvalue weighted by Crippen LogP contribution is 2.33. The minimum atomic E-state index is -0.343. The zero-order valence-electron chi connectivity index (χ0n) is 11.1. The van der Waals surface area contributed by atoms with E-state index in [4.69, 9.17) is 0 Å². The lowest BCUT2D eigenvalue weighted by molar-refractivity contribution is 0.0768. The number of aliphatic hydroxyl groups excluding tert-OH is 1. The van der Waals surface area contributed by atoms with Crippen molar-refractivity contribution in [3.05, 3.63) is 57.8 Å². The van der Waals surface area contributed by atoms with Gasteiger partial charge in [0.15, 0.2) is 0 Å². The number of fused-ring (bicyclic) bond motifs is 1. The first kappa shape index (κ1) is 12.9. The molecule has 2 atom stereocenters. The van der Waals surface area contributed by atoms with Gasteiger partial charge in [0.25, 0.3) is 0 Å². The van der Waals surface area contributed by atoms with Crippen LogP contribution in [0.1, 0.15) is 22.1 Å². The molecule has 0 saturated heterocycles. The summed E-state index contributed by atoms with van der Waals surface area (Å²) in [6, 6.07) is 12.7. The molecule has 19 heavy (non-hydrogen) atoms. The first-order valence-electron chi connectivity index (χ1n) is 6.74. The Hall–Kier alpha value is -1.16. The molecule has 100 valence electrons. The number of likely N-dealkylation sites (N-methyl/N-ethyl adjacent to an activating group) is 1. The lowest BCUT2D eigenvalue weighted by atomic mass is 10.1. The van der Waals surface area contributed by atoms with Crippen molar-refractivity contribution in [3.8, 4) is 0 Å². The van der Waals surface area contributed by atoms with E-state index in [0.717, 1.165) is 24.9 Å². The Morgan fingerprint density at radius 1 is 1.26 bits per heavy atom. The molecule has 0 aliphatic heterocycles. The van der Waals surface area contributed by atoms with E-state index in [0.29, 0.717) is 0 Å². The van der Waals surface area contributed by atoms with Gasteiger partial charge in [-0.25, -0.2) is 0 Å². The quantitative estimate of drug-likeness (QED) is 0.926. The molecule has 2 nitrogen and oxygen atoms in total. The number of aliphatic hydroxyl groups is 1. The van der Waals surface area contributed by atoms with E-state index < -0.39 is 0 Å². The molecule has 0 bridgehead atoms. The lowest BCUT2D eigenvalue weighted by Gasteiger charge is -2.27. The van der Waals surface area contributed by atoms with Gasteiger partial charge in [-0.1, -0.05) is 30.3 Å². The molecule has 0 fully saturated rings. The van der Waals surface area contributed by atoms with Crippen molar-refractivity contribution in [1.82, 2.24) is 4.90 Å². The van der Waals surface area contributed by atoms with E-state index in [-0.39, 0.29) is 12.1 Å². The summed E-state index contributed by atoms with van der Waals surface area (Å²) in [4.78, 5) is 3.71. The molecule has 1 aliphatic rings. The second-order valence-electron chi connectivity index (χ2n) is 5.23. The molecular formula is C16H19NOS. The second kappa shape index (κ2) is 5.45. The molecule has 1 aliphatic carbocycles. The van der Waals surface area contributed by atoms with Crippen molar-refractivity contribution in [2.45, 2.75) is 25.0 Å². The van der Waals surface area contributed by atoms with Crippen LogP contribution in [0.2, 0.25) is 0 Å². The standard InChI is InChI=1S/C16H19NOS/c1-17(9-8-13-6-4-10-19-13)15-11-12-5-2-3-7-14(12)16(15)18/h2-7,10,15-16,18H,8-9,11H2,1H3/t15-,16+/m0/s1. The molecule has 3 rings (SSSR count). The van der Waals surface area contributed by atoms with Crippen LogP contribution in [0.4, 0.5) is 0 Å². The number of hydrogen-bond acceptors (Lipinski definition) is 3. The van der Waals surface area contributed by atoms with Crippen LogP contribution in [0.15, 0.2) is 41.8 Å². The van der Waals surface area contributed by atoms with Crippen molar-refractivity contribution in [2.75, 3.05) is 13.6 Å². The van der Waals surface area contributed by atoms with E-state index in [2.05, 4.69) is 41.6 Å². The Bertz CT molecular complexity index is 537. The molecule has 1 aromatic heterocycles. The molecule has 0 amide bonds. The van der Waals surface area contributed by atoms with Gasteiger partial charge in [0.05, 0.1) is 6.10 Å². The van der Waals surface area contributed by atoms with Crippen LogP contribution in [-0.4, -0.2) is 29.6 Å². The van der Waals surface area contributed by atoms with Gasteiger partial charge in [0, 0.05) is 17.5 Å². The highest BCUT2D eigenvalue weighted by molar-refractivity contribution is 7.09. The molecule has 0 radical (unpaired) electrons. The zero-order valence-corrected chi connectivity index (χ0v) is 11.9. The van der Waals surface area contributed by atoms with Crippen molar-refractivity contribution in [1.29, 1.82) is 0 Å². The molecular weight excluding hydrogens is 254 g/mol. The third-order valence-corrected chi connectivity index (χ3v) is 4.96. The second-order valence-corrected chi connectivity index (χ2v) is 6.26. The van der Waals surface area contributed by atoms with Crippen LogP contribution in [-0.2, 0) is 12.8 Å². The average Bonchev–Trinajstić information content (AvgIpc) is 3.05. The summed E-state index contributed by atoms with van der Waals surface area (Å²) >= 11 is 1.81. The summed E-state index contributed by atoms with van der Waals surface area (Å²) in [7, 11) is 2.12. The highest BCUT2D eigenvalue weighted by atomic mass is 32.1. The van der Waals surface area contributed by atoms with Crippen LogP contribution in [0.5, 0.6) is 0 Å². The first-order chi connectivity index (χ1) is 9.25. The Morgan fingerprint density at radius 3 is 2.84 bits per heavy atom. The molecule has 3 heteroatoms. The molecule has 2 aromatic rings. The largest absolute Gasteiger partial charge is 0.387 e. The summed E-state index contributed by atoms with van der Waals surface area (Å²) in [6.07, 6.45) is 1.68. The monoisotopic (exact) mass is 273 g/mol. The van der Waals surface area contributed by atoms with Gasteiger partial charge in [0.1, 0.15) is 0 Å². The van der Waals surface area contributed by atoms with Gasteiger partial charge in [-0.3, -0.25) is 4.90 Å². The molecule has 1 heterocycles. The van der Waals surface area contributed by atoms with Crippen LogP contribution in [0.3, 0.4) is 0 Å². The molecule has 0 unspecified atom stereocenters. The number of thiophene rings is 1. The number of hydrogen-bond donors (Lipinski definition) is 1. The fraction of sp³-hybridized carbons (Fsp3) is 0.375. The minimum Gasteiger partial charge on any atom is -0.387 e. The van der Waals surface area contributed by atoms with E-state index >= 15 is 0 Å². The Morgan fingerprint density at radius 2 is 2.11 bits per heavy atom. The van der Waals surface area contributed by atoms with Crippen LogP contribution in [0, 0.1) is 0 Å². The van der Waals surface area contributed by atoms with Gasteiger partial charge in [0.2, 0.25) is 0 Å². The Labute approximate surface area is 118 Å². The van der Waals surface area contributed by atoms with Crippen molar-refractivity contribution < 1.29 is 5.11 Å². The van der Waals surface area contributed by atoms with Gasteiger partial charge >= 0.3 is 0 Å². The number of nitrogens with zero attached hydrogens (tertiary/aromatic N) is 1. The summed E-state index contributed by atoms with van der Waals surface area (Å²) in [5.41, 5.74) is 2.40. The third kappa shape index (κ3) is 2.59. The van der Waals surface area contributed by atoms with Crippen molar-refractivity contribution in [2.24, 2.45) is 0 Å². The maximum atomic E-state index is 10.4. The maximum Gasteiger partial charge on any atom is 0.0950 e. The van der Waals surface area contributed by atoms with E-state index in [1.807, 2.05) is 12.1 Å². The normalized spacial score (nSPS) is 21.8. The SMILES string of the molecule is CN(CCc1cccs1)[C@H]1Cc2ccccc2[C@H]1O. The van der Waals surface area contributed by atoms with Crippen LogP contribution < -0.4 is 0 Å². The van der Waals surface area contributed by atoms with Gasteiger partial charge in [-0.05, 0) is 42.5 Å². The lowest BCUT2D eigenvalue weighted by Crippen LogP contribution is -2.36. The van der Waals surface area contributed by atoms with Crippen molar-refractivity contribution in [3.63, 3.8) is 0 Å². The Kier molecular flexibility index (Phi) is 3.69. The van der Waals surface area contributed by atoms with Crippen molar-refractivity contribution >= 4 is 11.3 Å². The topological polar surface area (TPSA) is 23.5 Å². The fourth-order valence-electron chi connectivity index (χ4n) is 2.86.